The maximum Gasteiger partial charge on any atom is 0.407 e. The lowest BCUT2D eigenvalue weighted by Crippen LogP contribution is -2.57. The van der Waals surface area contributed by atoms with Crippen LogP contribution in [-0.2, 0) is 40.3 Å². The highest BCUT2D eigenvalue weighted by Gasteiger charge is 2.37. The molecule has 2 aromatic heterocycles. The fourth-order valence-electron chi connectivity index (χ4n) is 5.94. The topological polar surface area (TPSA) is 135 Å². The normalized spacial score (nSPS) is 14.9. The molecule has 1 fully saturated rings. The fraction of sp³-hybridized carbons (Fsp3) is 0.462. The molecule has 0 spiro atoms. The van der Waals surface area contributed by atoms with Gasteiger partial charge < -0.3 is 30.3 Å². The van der Waals surface area contributed by atoms with Crippen LogP contribution in [0.5, 0.6) is 0 Å². The zero-order valence-electron chi connectivity index (χ0n) is 30.3. The smallest absolute Gasteiger partial charge is 0.407 e. The third-order valence-electron chi connectivity index (χ3n) is 9.06. The number of alkyl carbamates (subject to hydrolysis) is 1. The van der Waals surface area contributed by atoms with Crippen LogP contribution in [0.3, 0.4) is 0 Å². The third-order valence-corrected chi connectivity index (χ3v) is 11.0. The van der Waals surface area contributed by atoms with E-state index in [4.69, 9.17) is 14.5 Å². The Kier molecular flexibility index (Phi) is 14.6. The van der Waals surface area contributed by atoms with Gasteiger partial charge in [-0.05, 0) is 56.6 Å². The van der Waals surface area contributed by atoms with E-state index in [1.165, 1.54) is 18.4 Å². The van der Waals surface area contributed by atoms with Gasteiger partial charge in [-0.15, -0.1) is 22.7 Å². The highest BCUT2D eigenvalue weighted by atomic mass is 32.1. The van der Waals surface area contributed by atoms with Crippen molar-refractivity contribution in [2.24, 2.45) is 0 Å². The van der Waals surface area contributed by atoms with Crippen LogP contribution < -0.4 is 16.0 Å². The van der Waals surface area contributed by atoms with Crippen molar-refractivity contribution >= 4 is 40.7 Å². The largest absolute Gasteiger partial charge is 0.444 e. The molecule has 52 heavy (non-hydrogen) atoms. The maximum atomic E-state index is 14.1. The van der Waals surface area contributed by atoms with Crippen LogP contribution in [0.15, 0.2) is 77.8 Å². The van der Waals surface area contributed by atoms with E-state index >= 15 is 0 Å². The number of aromatic nitrogens is 2. The number of carbonyl (C=O) groups is 3. The first kappa shape index (κ1) is 38.9. The lowest BCUT2D eigenvalue weighted by Gasteiger charge is -2.30. The van der Waals surface area contributed by atoms with Gasteiger partial charge in [-0.25, -0.2) is 14.6 Å². The summed E-state index contributed by atoms with van der Waals surface area (Å²) in [5, 5.41) is 12.3. The molecule has 1 aliphatic rings. The Morgan fingerprint density at radius 1 is 0.885 bits per heavy atom. The molecule has 2 heterocycles. The maximum absolute atomic E-state index is 14.1. The number of ether oxygens (including phenoxy) is 2. The highest BCUT2D eigenvalue weighted by molar-refractivity contribution is 7.09. The van der Waals surface area contributed by atoms with Crippen LogP contribution >= 0.6 is 22.7 Å². The molecule has 1 aliphatic carbocycles. The monoisotopic (exact) mass is 746 g/mol. The van der Waals surface area contributed by atoms with Crippen molar-refractivity contribution in [2.45, 2.75) is 109 Å². The van der Waals surface area contributed by atoms with Crippen molar-refractivity contribution in [3.63, 3.8) is 0 Å². The van der Waals surface area contributed by atoms with Crippen molar-refractivity contribution in [1.29, 1.82) is 0 Å². The first-order chi connectivity index (χ1) is 25.2. The van der Waals surface area contributed by atoms with Crippen molar-refractivity contribution in [1.82, 2.24) is 30.8 Å². The van der Waals surface area contributed by atoms with Gasteiger partial charge in [-0.2, -0.15) is 0 Å². The van der Waals surface area contributed by atoms with Gasteiger partial charge in [0, 0.05) is 42.7 Å². The number of hydrogen-bond acceptors (Lipinski definition) is 9. The number of carbonyl (C=O) groups excluding carboxylic acids is 3. The number of amides is 4. The van der Waals surface area contributed by atoms with Crippen LogP contribution in [0.4, 0.5) is 9.59 Å². The van der Waals surface area contributed by atoms with E-state index in [2.05, 4.69) is 34.8 Å². The Balaban J connectivity index is 1.28. The Labute approximate surface area is 314 Å². The van der Waals surface area contributed by atoms with Gasteiger partial charge in [0.1, 0.15) is 12.6 Å². The highest BCUT2D eigenvalue weighted by Crippen LogP contribution is 2.29. The van der Waals surface area contributed by atoms with Crippen molar-refractivity contribution in [2.75, 3.05) is 7.11 Å². The first-order valence-electron chi connectivity index (χ1n) is 17.9. The first-order valence-corrected chi connectivity index (χ1v) is 19.7. The van der Waals surface area contributed by atoms with E-state index in [1.807, 2.05) is 66.0 Å². The molecule has 13 heteroatoms. The molecule has 0 radical (unpaired) electrons. The minimum absolute atomic E-state index is 0.110. The molecule has 0 saturated heterocycles. The average Bonchev–Trinajstić information content (AvgIpc) is 3.62. The summed E-state index contributed by atoms with van der Waals surface area (Å²) in [5.74, 6) is -0.0134. The molecule has 4 amide bonds. The summed E-state index contributed by atoms with van der Waals surface area (Å²) >= 11 is 3.03. The molecule has 0 bridgehead atoms. The fourth-order valence-corrected chi connectivity index (χ4v) is 7.27. The summed E-state index contributed by atoms with van der Waals surface area (Å²) in [7, 11) is 1.54. The summed E-state index contributed by atoms with van der Waals surface area (Å²) in [5.41, 5.74) is 4.70. The molecule has 1 saturated carbocycles. The number of rotatable bonds is 19. The second-order valence-electron chi connectivity index (χ2n) is 13.6. The lowest BCUT2D eigenvalue weighted by molar-refractivity contribution is -0.126. The quantitative estimate of drug-likeness (QED) is 0.0956. The minimum atomic E-state index is -0.932. The summed E-state index contributed by atoms with van der Waals surface area (Å²) in [6.45, 7) is 6.52. The molecule has 2 aromatic carbocycles. The lowest BCUT2D eigenvalue weighted by atomic mass is 9.95. The Morgan fingerprint density at radius 2 is 1.52 bits per heavy atom. The second-order valence-corrected chi connectivity index (χ2v) is 15.5. The molecule has 3 N–H and O–H groups in total. The minimum Gasteiger partial charge on any atom is -0.444 e. The number of thiazole rings is 2. The summed E-state index contributed by atoms with van der Waals surface area (Å²) in [6, 6.07) is 18.3. The van der Waals surface area contributed by atoms with Gasteiger partial charge in [0.05, 0.1) is 33.7 Å². The Bertz CT molecular complexity index is 1680. The van der Waals surface area contributed by atoms with E-state index in [-0.39, 0.29) is 36.7 Å². The second kappa shape index (κ2) is 19.5. The number of nitrogens with one attached hydrogen (secondary N) is 3. The standard InChI is InChI=1S/C39H50N6O5S2/c1-26(2)37-42-32(24-51-37)22-45(33-17-18-33)38(47)44-35(27(3)49-4)36(46)41-30(19-28-11-7-5-8-12-28)15-16-31(20-29-13-9-6-10-14-29)43-39(48)50-23-34-21-40-25-52-34/h5-14,21,24-27,30-31,33,35H,15-20,22-23H2,1-4H3,(H,41,46)(H,43,48)(H,44,47)/t27?,30-,31-,35+/m1/s1. The molecule has 11 nitrogen and oxygen atoms in total. The van der Waals surface area contributed by atoms with E-state index in [0.29, 0.717) is 38.1 Å². The van der Waals surface area contributed by atoms with Crippen LogP contribution in [0.1, 0.15) is 79.1 Å². The van der Waals surface area contributed by atoms with Crippen molar-refractivity contribution in [3.8, 4) is 0 Å². The van der Waals surface area contributed by atoms with Gasteiger partial charge in [0.15, 0.2) is 0 Å². The van der Waals surface area contributed by atoms with Crippen molar-refractivity contribution < 1.29 is 23.9 Å². The van der Waals surface area contributed by atoms with Gasteiger partial charge in [0.2, 0.25) is 5.91 Å². The molecular formula is C39H50N6O5S2. The zero-order valence-corrected chi connectivity index (χ0v) is 32.0. The Morgan fingerprint density at radius 3 is 2.06 bits per heavy atom. The Hall–Kier alpha value is -4.33. The SMILES string of the molecule is COC(C)[C@H](NC(=O)N(Cc1csc(C(C)C)n1)C1CC1)C(=O)N[C@H](CC[C@H](Cc1ccccc1)NC(=O)OCc1cncs1)Cc1ccccc1. The molecule has 1 unspecified atom stereocenters. The summed E-state index contributed by atoms with van der Waals surface area (Å²) in [6.07, 6.45) is 4.72. The van der Waals surface area contributed by atoms with Crippen LogP contribution in [0.2, 0.25) is 0 Å². The third kappa shape index (κ3) is 12.1. The van der Waals surface area contributed by atoms with Crippen LogP contribution in [0, 0.1) is 0 Å². The number of urea groups is 1. The number of hydrogen-bond donors (Lipinski definition) is 3. The number of methoxy groups -OCH3 is 1. The van der Waals surface area contributed by atoms with E-state index < -0.39 is 18.2 Å². The summed E-state index contributed by atoms with van der Waals surface area (Å²) < 4.78 is 11.1. The summed E-state index contributed by atoms with van der Waals surface area (Å²) in [4.78, 5) is 52.3. The number of benzene rings is 2. The van der Waals surface area contributed by atoms with E-state index in [1.54, 1.807) is 34.9 Å². The van der Waals surface area contributed by atoms with E-state index in [9.17, 15) is 14.4 Å². The predicted molar refractivity (Wildman–Crippen MR) is 204 cm³/mol. The molecule has 4 atom stereocenters. The molecule has 5 rings (SSSR count). The molecular weight excluding hydrogens is 697 g/mol. The average molecular weight is 747 g/mol. The van der Waals surface area contributed by atoms with Gasteiger partial charge in [-0.1, -0.05) is 74.5 Å². The van der Waals surface area contributed by atoms with Gasteiger partial charge in [-0.3, -0.25) is 9.78 Å². The molecule has 4 aromatic rings. The zero-order chi connectivity index (χ0) is 36.9. The van der Waals surface area contributed by atoms with E-state index in [0.717, 1.165) is 39.5 Å². The molecule has 278 valence electrons. The van der Waals surface area contributed by atoms with Crippen molar-refractivity contribution in [3.05, 3.63) is 104 Å². The molecule has 0 aliphatic heterocycles. The van der Waals surface area contributed by atoms with Crippen LogP contribution in [0.25, 0.3) is 0 Å². The van der Waals surface area contributed by atoms with Gasteiger partial charge in [0.25, 0.3) is 0 Å². The predicted octanol–water partition coefficient (Wildman–Crippen LogP) is 6.85. The number of nitrogens with zero attached hydrogens (tertiary/aromatic N) is 3. The van der Waals surface area contributed by atoms with Gasteiger partial charge >= 0.3 is 12.1 Å². The van der Waals surface area contributed by atoms with Crippen LogP contribution in [-0.4, -0.2) is 70.3 Å².